The Morgan fingerprint density at radius 3 is 2.81 bits per heavy atom. The number of hydrogen-bond donors (Lipinski definition) is 2. The number of nitrogens with zero attached hydrogens (tertiary/aromatic N) is 2. The van der Waals surface area contributed by atoms with Crippen molar-refractivity contribution in [2.24, 2.45) is 0 Å². The molecule has 8 heteroatoms. The quantitative estimate of drug-likeness (QED) is 0.759. The lowest BCUT2D eigenvalue weighted by Crippen LogP contribution is -2.25. The molecule has 6 nitrogen and oxygen atoms in total. The number of aliphatic hydroxyl groups is 1. The third-order valence-corrected chi connectivity index (χ3v) is 5.24. The third-order valence-electron chi connectivity index (χ3n) is 2.90. The first-order chi connectivity index (χ1) is 9.95. The Balaban J connectivity index is 2.42. The van der Waals surface area contributed by atoms with E-state index in [1.807, 2.05) is 31.4 Å². The van der Waals surface area contributed by atoms with E-state index in [0.717, 1.165) is 4.88 Å². The number of thiophene rings is 1. The van der Waals surface area contributed by atoms with Crippen LogP contribution in [0.3, 0.4) is 0 Å². The van der Waals surface area contributed by atoms with E-state index < -0.39 is 10.0 Å². The minimum atomic E-state index is -3.64. The molecule has 0 radical (unpaired) electrons. The summed E-state index contributed by atoms with van der Waals surface area (Å²) in [4.78, 5) is 0.994. The van der Waals surface area contributed by atoms with E-state index in [4.69, 9.17) is 5.11 Å². The van der Waals surface area contributed by atoms with Gasteiger partial charge in [-0.2, -0.15) is 5.10 Å². The van der Waals surface area contributed by atoms with Crippen molar-refractivity contribution in [3.8, 4) is 10.6 Å². The predicted molar refractivity (Wildman–Crippen MR) is 82.8 cm³/mol. The molecule has 2 aromatic heterocycles. The average molecular weight is 329 g/mol. The lowest BCUT2D eigenvalue weighted by molar-refractivity contribution is 0.289. The molecule has 0 aromatic carbocycles. The second-order valence-corrected chi connectivity index (χ2v) is 7.55. The Morgan fingerprint density at radius 1 is 1.48 bits per heavy atom. The van der Waals surface area contributed by atoms with Gasteiger partial charge < -0.3 is 5.11 Å². The third kappa shape index (κ3) is 3.70. The molecular weight excluding hydrogens is 310 g/mol. The van der Waals surface area contributed by atoms with Crippen LogP contribution < -0.4 is 4.72 Å². The highest BCUT2D eigenvalue weighted by molar-refractivity contribution is 7.89. The Hall–Kier alpha value is -1.22. The highest BCUT2D eigenvalue weighted by Crippen LogP contribution is 2.30. The maximum Gasteiger partial charge on any atom is 0.244 e. The van der Waals surface area contributed by atoms with Crippen molar-refractivity contribution < 1.29 is 13.5 Å². The van der Waals surface area contributed by atoms with Gasteiger partial charge in [0, 0.05) is 25.4 Å². The summed E-state index contributed by atoms with van der Waals surface area (Å²) in [5.41, 5.74) is 0.468. The molecule has 0 atom stereocenters. The van der Waals surface area contributed by atoms with Crippen LogP contribution in [0.1, 0.15) is 26.3 Å². The molecule has 0 aliphatic heterocycles. The molecule has 2 heterocycles. The molecule has 2 N–H and O–H groups in total. The van der Waals surface area contributed by atoms with Gasteiger partial charge in [0.1, 0.15) is 10.6 Å². The van der Waals surface area contributed by atoms with Crippen LogP contribution >= 0.6 is 11.3 Å². The molecule has 2 rings (SSSR count). The van der Waals surface area contributed by atoms with Crippen LogP contribution in [-0.2, 0) is 10.0 Å². The summed E-state index contributed by atoms with van der Waals surface area (Å²) in [6.07, 6.45) is 1.94. The first-order valence-electron chi connectivity index (χ1n) is 6.69. The number of aromatic nitrogens is 2. The Labute approximate surface area is 128 Å². The van der Waals surface area contributed by atoms with E-state index in [2.05, 4.69) is 9.82 Å². The summed E-state index contributed by atoms with van der Waals surface area (Å²) >= 11 is 1.45. The van der Waals surface area contributed by atoms with Gasteiger partial charge in [-0.15, -0.1) is 11.3 Å². The van der Waals surface area contributed by atoms with Crippen LogP contribution in [0.15, 0.2) is 28.6 Å². The first-order valence-corrected chi connectivity index (χ1v) is 9.05. The van der Waals surface area contributed by atoms with E-state index in [-0.39, 0.29) is 24.1 Å². The van der Waals surface area contributed by atoms with E-state index in [1.54, 1.807) is 10.9 Å². The molecule has 0 spiro atoms. The van der Waals surface area contributed by atoms with Crippen molar-refractivity contribution >= 4 is 21.4 Å². The molecule has 0 amide bonds. The Morgan fingerprint density at radius 2 is 2.24 bits per heavy atom. The minimum absolute atomic E-state index is 0.0500. The zero-order valence-corrected chi connectivity index (χ0v) is 13.6. The number of rotatable bonds is 7. The molecule has 21 heavy (non-hydrogen) atoms. The van der Waals surface area contributed by atoms with Crippen LogP contribution in [0, 0.1) is 0 Å². The van der Waals surface area contributed by atoms with Gasteiger partial charge in [-0.3, -0.25) is 4.68 Å². The smallest absolute Gasteiger partial charge is 0.244 e. The van der Waals surface area contributed by atoms with Crippen LogP contribution in [0.25, 0.3) is 10.6 Å². The minimum Gasteiger partial charge on any atom is -0.396 e. The van der Waals surface area contributed by atoms with Crippen molar-refractivity contribution in [1.82, 2.24) is 14.5 Å². The van der Waals surface area contributed by atoms with Crippen LogP contribution in [0.4, 0.5) is 0 Å². The fourth-order valence-corrected chi connectivity index (χ4v) is 3.79. The highest BCUT2D eigenvalue weighted by atomic mass is 32.2. The van der Waals surface area contributed by atoms with E-state index in [1.165, 1.54) is 11.3 Å². The van der Waals surface area contributed by atoms with Gasteiger partial charge in [0.05, 0.1) is 4.88 Å². The van der Waals surface area contributed by atoms with Gasteiger partial charge >= 0.3 is 0 Å². The maximum atomic E-state index is 12.4. The lowest BCUT2D eigenvalue weighted by Gasteiger charge is -2.05. The SMILES string of the molecule is CC(C)n1cc(S(=O)(=O)NCCCO)c(-c2cccs2)n1. The van der Waals surface area contributed by atoms with E-state index in [0.29, 0.717) is 12.1 Å². The van der Waals surface area contributed by atoms with Gasteiger partial charge in [0.15, 0.2) is 0 Å². The Kier molecular flexibility index (Phi) is 5.15. The highest BCUT2D eigenvalue weighted by Gasteiger charge is 2.24. The summed E-state index contributed by atoms with van der Waals surface area (Å²) < 4.78 is 29.0. The second kappa shape index (κ2) is 6.69. The van der Waals surface area contributed by atoms with E-state index >= 15 is 0 Å². The van der Waals surface area contributed by atoms with Gasteiger partial charge in [0.25, 0.3) is 0 Å². The number of nitrogens with one attached hydrogen (secondary N) is 1. The number of sulfonamides is 1. The molecule has 0 fully saturated rings. The van der Waals surface area contributed by atoms with Crippen molar-refractivity contribution in [1.29, 1.82) is 0 Å². The summed E-state index contributed by atoms with van der Waals surface area (Å²) in [5.74, 6) is 0. The van der Waals surface area contributed by atoms with Gasteiger partial charge in [0.2, 0.25) is 10.0 Å². The summed E-state index contributed by atoms with van der Waals surface area (Å²) in [5, 5.41) is 15.1. The first kappa shape index (κ1) is 16.2. The molecule has 0 aliphatic rings. The van der Waals surface area contributed by atoms with Crippen molar-refractivity contribution in [2.75, 3.05) is 13.2 Å². The zero-order chi connectivity index (χ0) is 15.5. The average Bonchev–Trinajstić information content (AvgIpc) is 3.08. The summed E-state index contributed by atoms with van der Waals surface area (Å²) in [6.45, 7) is 4.04. The summed E-state index contributed by atoms with van der Waals surface area (Å²) in [7, 11) is -3.64. The zero-order valence-electron chi connectivity index (χ0n) is 12.0. The number of hydrogen-bond acceptors (Lipinski definition) is 5. The monoisotopic (exact) mass is 329 g/mol. The fraction of sp³-hybridized carbons (Fsp3) is 0.462. The standard InChI is InChI=1S/C13H19N3O3S2/c1-10(2)16-9-12(21(18,19)14-6-4-7-17)13(15-16)11-5-3-8-20-11/h3,5,8-10,14,17H,4,6-7H2,1-2H3. The predicted octanol–water partition coefficient (Wildman–Crippen LogP) is 1.85. The normalized spacial score (nSPS) is 12.2. The molecule has 116 valence electrons. The Bertz CT molecular complexity index is 676. The molecule has 0 bridgehead atoms. The lowest BCUT2D eigenvalue weighted by atomic mass is 10.3. The van der Waals surface area contributed by atoms with Gasteiger partial charge in [-0.25, -0.2) is 13.1 Å². The maximum absolute atomic E-state index is 12.4. The fourth-order valence-electron chi connectivity index (χ4n) is 1.78. The molecular formula is C13H19N3O3S2. The van der Waals surface area contributed by atoms with Crippen LogP contribution in [0.2, 0.25) is 0 Å². The van der Waals surface area contributed by atoms with Crippen molar-refractivity contribution in [3.05, 3.63) is 23.7 Å². The molecule has 2 aromatic rings. The molecule has 0 aliphatic carbocycles. The van der Waals surface area contributed by atoms with Crippen molar-refractivity contribution in [2.45, 2.75) is 31.2 Å². The van der Waals surface area contributed by atoms with Crippen molar-refractivity contribution in [3.63, 3.8) is 0 Å². The van der Waals surface area contributed by atoms with Gasteiger partial charge in [-0.1, -0.05) is 6.07 Å². The molecule has 0 saturated carbocycles. The number of aliphatic hydroxyl groups excluding tert-OH is 1. The topological polar surface area (TPSA) is 84.2 Å². The largest absolute Gasteiger partial charge is 0.396 e. The van der Waals surface area contributed by atoms with Crippen LogP contribution in [-0.4, -0.2) is 36.5 Å². The van der Waals surface area contributed by atoms with Crippen LogP contribution in [0.5, 0.6) is 0 Å². The summed E-state index contributed by atoms with van der Waals surface area (Å²) in [6, 6.07) is 3.79. The molecule has 0 saturated heterocycles. The molecule has 0 unspecified atom stereocenters. The van der Waals surface area contributed by atoms with E-state index in [9.17, 15) is 8.42 Å². The second-order valence-electron chi connectivity index (χ2n) is 4.87. The van der Waals surface area contributed by atoms with Gasteiger partial charge in [-0.05, 0) is 31.7 Å².